The maximum absolute atomic E-state index is 5.85. The summed E-state index contributed by atoms with van der Waals surface area (Å²) in [5, 5.41) is 0. The van der Waals surface area contributed by atoms with Gasteiger partial charge in [-0.15, -0.1) is 0 Å². The molecule has 1 saturated carbocycles. The van der Waals surface area contributed by atoms with E-state index in [9.17, 15) is 0 Å². The largest absolute Gasteiger partial charge is 0.382 e. The van der Waals surface area contributed by atoms with Crippen LogP contribution in [-0.2, 0) is 25.6 Å². The molecule has 4 heteroatoms. The third-order valence-corrected chi connectivity index (χ3v) is 4.21. The molecule has 128 valence electrons. The number of methoxy groups -OCH3 is 1. The van der Waals surface area contributed by atoms with E-state index >= 15 is 0 Å². The predicted octanol–water partition coefficient (Wildman–Crippen LogP) is 3.57. The van der Waals surface area contributed by atoms with Gasteiger partial charge in [0, 0.05) is 19.6 Å². The first-order valence-electron chi connectivity index (χ1n) is 8.29. The normalized spacial score (nSPS) is 21.0. The molecule has 0 saturated heterocycles. The molecular weight excluding hydrogens is 292 g/mol. The van der Waals surface area contributed by atoms with E-state index in [0.29, 0.717) is 32.5 Å². The van der Waals surface area contributed by atoms with E-state index in [4.69, 9.17) is 18.9 Å². The second kappa shape index (κ2) is 10.6. The number of rotatable bonds is 11. The van der Waals surface area contributed by atoms with E-state index < -0.39 is 0 Å². The molecule has 2 atom stereocenters. The number of hydrogen-bond donors (Lipinski definition) is 0. The van der Waals surface area contributed by atoms with Crippen molar-refractivity contribution in [3.05, 3.63) is 48.0 Å². The van der Waals surface area contributed by atoms with Gasteiger partial charge in [-0.3, -0.25) is 0 Å². The molecule has 0 amide bonds. The Morgan fingerprint density at radius 1 is 1.09 bits per heavy atom. The number of ether oxygens (including phenoxy) is 4. The predicted molar refractivity (Wildman–Crippen MR) is 90.1 cm³/mol. The van der Waals surface area contributed by atoms with Crippen LogP contribution in [0.5, 0.6) is 0 Å². The van der Waals surface area contributed by atoms with Crippen LogP contribution in [-0.4, -0.2) is 39.8 Å². The molecule has 0 heterocycles. The van der Waals surface area contributed by atoms with E-state index in [1.807, 2.05) is 18.2 Å². The maximum Gasteiger partial charge on any atom is 0.147 e. The van der Waals surface area contributed by atoms with Gasteiger partial charge < -0.3 is 18.9 Å². The Morgan fingerprint density at radius 2 is 1.91 bits per heavy atom. The molecule has 0 N–H and O–H groups in total. The molecule has 1 fully saturated rings. The number of benzene rings is 1. The summed E-state index contributed by atoms with van der Waals surface area (Å²) in [6, 6.07) is 10.2. The van der Waals surface area contributed by atoms with Gasteiger partial charge in [-0.05, 0) is 24.8 Å². The molecule has 1 aromatic rings. The molecule has 23 heavy (non-hydrogen) atoms. The smallest absolute Gasteiger partial charge is 0.147 e. The van der Waals surface area contributed by atoms with Crippen molar-refractivity contribution in [3.63, 3.8) is 0 Å². The zero-order valence-corrected chi connectivity index (χ0v) is 14.0. The van der Waals surface area contributed by atoms with Gasteiger partial charge in [0.25, 0.3) is 0 Å². The Kier molecular flexibility index (Phi) is 8.32. The second-order valence-electron chi connectivity index (χ2n) is 5.85. The van der Waals surface area contributed by atoms with E-state index in [1.165, 1.54) is 11.1 Å². The zero-order valence-electron chi connectivity index (χ0n) is 14.0. The Labute approximate surface area is 139 Å². The summed E-state index contributed by atoms with van der Waals surface area (Å²) in [6.45, 7) is 7.05. The van der Waals surface area contributed by atoms with Gasteiger partial charge in [0.15, 0.2) is 0 Å². The van der Waals surface area contributed by atoms with Crippen LogP contribution in [0.3, 0.4) is 0 Å². The highest BCUT2D eigenvalue weighted by atomic mass is 16.7. The highest BCUT2D eigenvalue weighted by Gasteiger charge is 2.30. The van der Waals surface area contributed by atoms with Crippen LogP contribution < -0.4 is 0 Å². The van der Waals surface area contributed by atoms with Gasteiger partial charge in [0.1, 0.15) is 6.79 Å². The summed E-state index contributed by atoms with van der Waals surface area (Å²) < 4.78 is 22.0. The molecule has 1 aliphatic carbocycles. The first-order chi connectivity index (χ1) is 11.3. The first kappa shape index (κ1) is 18.1. The molecular formula is C19H28O4. The summed E-state index contributed by atoms with van der Waals surface area (Å²) in [5.74, 6) is 0.372. The summed E-state index contributed by atoms with van der Waals surface area (Å²) >= 11 is 0. The molecule has 0 bridgehead atoms. The fourth-order valence-corrected chi connectivity index (χ4v) is 2.88. The summed E-state index contributed by atoms with van der Waals surface area (Å²) in [5.41, 5.74) is 2.48. The summed E-state index contributed by atoms with van der Waals surface area (Å²) in [4.78, 5) is 0. The van der Waals surface area contributed by atoms with Crippen molar-refractivity contribution in [2.24, 2.45) is 5.92 Å². The molecule has 1 aliphatic rings. The fourth-order valence-electron chi connectivity index (χ4n) is 2.88. The minimum atomic E-state index is 0.199. The van der Waals surface area contributed by atoms with Crippen LogP contribution in [0.4, 0.5) is 0 Å². The van der Waals surface area contributed by atoms with Crippen molar-refractivity contribution in [2.45, 2.75) is 32.0 Å². The van der Waals surface area contributed by atoms with Crippen LogP contribution in [0.2, 0.25) is 0 Å². The van der Waals surface area contributed by atoms with Crippen molar-refractivity contribution in [1.29, 1.82) is 0 Å². The Bertz CT molecular complexity index is 446. The fraction of sp³-hybridized carbons (Fsp3) is 0.579. The average molecular weight is 320 g/mol. The molecule has 0 unspecified atom stereocenters. The van der Waals surface area contributed by atoms with E-state index in [0.717, 1.165) is 25.9 Å². The monoisotopic (exact) mass is 320 g/mol. The third kappa shape index (κ3) is 6.43. The molecule has 2 rings (SSSR count). The minimum Gasteiger partial charge on any atom is -0.382 e. The lowest BCUT2D eigenvalue weighted by Gasteiger charge is -2.21. The maximum atomic E-state index is 5.85. The molecule has 0 spiro atoms. The summed E-state index contributed by atoms with van der Waals surface area (Å²) in [7, 11) is 1.66. The lowest BCUT2D eigenvalue weighted by molar-refractivity contribution is -0.107. The van der Waals surface area contributed by atoms with Gasteiger partial charge in [-0.25, -0.2) is 0 Å². The third-order valence-electron chi connectivity index (χ3n) is 4.21. The lowest BCUT2D eigenvalue weighted by atomic mass is 9.99. The standard InChI is InChI=1S/C19H28O4/c1-16-8-9-19(23-15-22-13-12-20-2)18(16)10-11-21-14-17-6-4-3-5-7-17/h3-7,18-19H,1,8-15H2,2H3/t18-,19+/m0/s1. The van der Waals surface area contributed by atoms with Gasteiger partial charge in [0.2, 0.25) is 0 Å². The van der Waals surface area contributed by atoms with Gasteiger partial charge in [-0.1, -0.05) is 42.5 Å². The van der Waals surface area contributed by atoms with Crippen molar-refractivity contribution < 1.29 is 18.9 Å². The van der Waals surface area contributed by atoms with E-state index in [-0.39, 0.29) is 6.10 Å². The number of hydrogen-bond acceptors (Lipinski definition) is 4. The van der Waals surface area contributed by atoms with Crippen molar-refractivity contribution in [3.8, 4) is 0 Å². The van der Waals surface area contributed by atoms with Gasteiger partial charge in [-0.2, -0.15) is 0 Å². The van der Waals surface area contributed by atoms with Crippen molar-refractivity contribution in [2.75, 3.05) is 33.7 Å². The quantitative estimate of drug-likeness (QED) is 0.355. The molecule has 0 aromatic heterocycles. The Balaban J connectivity index is 1.64. The van der Waals surface area contributed by atoms with Crippen LogP contribution in [0, 0.1) is 5.92 Å². The van der Waals surface area contributed by atoms with Gasteiger partial charge >= 0.3 is 0 Å². The molecule has 4 nitrogen and oxygen atoms in total. The highest BCUT2D eigenvalue weighted by Crippen LogP contribution is 2.34. The lowest BCUT2D eigenvalue weighted by Crippen LogP contribution is -2.22. The second-order valence-corrected chi connectivity index (χ2v) is 5.85. The summed E-state index contributed by atoms with van der Waals surface area (Å²) in [6.07, 6.45) is 3.21. The topological polar surface area (TPSA) is 36.9 Å². The van der Waals surface area contributed by atoms with E-state index in [1.54, 1.807) is 7.11 Å². The molecule has 0 radical (unpaired) electrons. The van der Waals surface area contributed by atoms with Crippen LogP contribution in [0.1, 0.15) is 24.8 Å². The van der Waals surface area contributed by atoms with E-state index in [2.05, 4.69) is 18.7 Å². The minimum absolute atomic E-state index is 0.199. The van der Waals surface area contributed by atoms with Gasteiger partial charge in [0.05, 0.1) is 25.9 Å². The first-order valence-corrected chi connectivity index (χ1v) is 8.29. The Hall–Kier alpha value is -1.20. The molecule has 0 aliphatic heterocycles. The van der Waals surface area contributed by atoms with Crippen LogP contribution >= 0.6 is 0 Å². The zero-order chi connectivity index (χ0) is 16.3. The highest BCUT2D eigenvalue weighted by molar-refractivity contribution is 5.13. The average Bonchev–Trinajstić information content (AvgIpc) is 2.93. The van der Waals surface area contributed by atoms with Crippen molar-refractivity contribution >= 4 is 0 Å². The van der Waals surface area contributed by atoms with Crippen LogP contribution in [0.25, 0.3) is 0 Å². The van der Waals surface area contributed by atoms with Crippen molar-refractivity contribution in [1.82, 2.24) is 0 Å². The Morgan fingerprint density at radius 3 is 2.70 bits per heavy atom. The molecule has 1 aromatic carbocycles. The van der Waals surface area contributed by atoms with Crippen LogP contribution in [0.15, 0.2) is 42.5 Å². The SMILES string of the molecule is C=C1CC[C@@H](OCOCCOC)[C@H]1CCOCc1ccccc1.